The Labute approximate surface area is 137 Å². The SMILES string of the molecule is C#CCN1CCC(Nc2cc(OC)c(Br)cc2Br)CC1. The molecule has 108 valence electrons. The summed E-state index contributed by atoms with van der Waals surface area (Å²) in [4.78, 5) is 2.31. The van der Waals surface area contributed by atoms with Crippen molar-refractivity contribution in [2.45, 2.75) is 18.9 Å². The highest BCUT2D eigenvalue weighted by atomic mass is 79.9. The maximum Gasteiger partial charge on any atom is 0.135 e. The smallest absolute Gasteiger partial charge is 0.135 e. The number of halogens is 2. The van der Waals surface area contributed by atoms with Crippen LogP contribution in [0.15, 0.2) is 21.1 Å². The van der Waals surface area contributed by atoms with Crippen molar-refractivity contribution in [3.63, 3.8) is 0 Å². The van der Waals surface area contributed by atoms with Crippen molar-refractivity contribution in [3.8, 4) is 18.1 Å². The zero-order chi connectivity index (χ0) is 14.5. The van der Waals surface area contributed by atoms with E-state index in [9.17, 15) is 0 Å². The molecule has 1 heterocycles. The third-order valence-electron chi connectivity index (χ3n) is 3.50. The molecule has 0 aliphatic carbocycles. The maximum atomic E-state index is 5.35. The highest BCUT2D eigenvalue weighted by molar-refractivity contribution is 9.11. The molecule has 1 N–H and O–H groups in total. The van der Waals surface area contributed by atoms with Gasteiger partial charge in [-0.15, -0.1) is 6.42 Å². The summed E-state index contributed by atoms with van der Waals surface area (Å²) in [6.45, 7) is 2.85. The summed E-state index contributed by atoms with van der Waals surface area (Å²) < 4.78 is 7.32. The molecule has 0 bridgehead atoms. The Kier molecular flexibility index (Phi) is 5.76. The molecule has 1 aromatic rings. The summed E-state index contributed by atoms with van der Waals surface area (Å²) in [5.74, 6) is 3.54. The predicted molar refractivity (Wildman–Crippen MR) is 90.3 cm³/mol. The number of nitrogens with one attached hydrogen (secondary N) is 1. The van der Waals surface area contributed by atoms with Crippen LogP contribution in [-0.2, 0) is 0 Å². The lowest BCUT2D eigenvalue weighted by Crippen LogP contribution is -2.39. The Hall–Kier alpha value is -0.700. The second-order valence-electron chi connectivity index (χ2n) is 4.87. The van der Waals surface area contributed by atoms with E-state index in [2.05, 4.69) is 48.0 Å². The molecule has 20 heavy (non-hydrogen) atoms. The fourth-order valence-corrected chi connectivity index (χ4v) is 3.65. The van der Waals surface area contributed by atoms with E-state index in [4.69, 9.17) is 11.2 Å². The number of hydrogen-bond donors (Lipinski definition) is 1. The van der Waals surface area contributed by atoms with Crippen molar-refractivity contribution in [2.24, 2.45) is 0 Å². The van der Waals surface area contributed by atoms with Crippen molar-refractivity contribution in [2.75, 3.05) is 32.1 Å². The second-order valence-corrected chi connectivity index (χ2v) is 6.57. The van der Waals surface area contributed by atoms with Gasteiger partial charge >= 0.3 is 0 Å². The molecular weight excluding hydrogens is 384 g/mol. The molecule has 0 amide bonds. The Balaban J connectivity index is 1.99. The average Bonchev–Trinajstić information content (AvgIpc) is 2.44. The van der Waals surface area contributed by atoms with Crippen LogP contribution in [0.5, 0.6) is 5.75 Å². The summed E-state index contributed by atoms with van der Waals surface area (Å²) in [6.07, 6.45) is 7.56. The summed E-state index contributed by atoms with van der Waals surface area (Å²) in [6, 6.07) is 4.50. The van der Waals surface area contributed by atoms with Crippen LogP contribution in [0, 0.1) is 12.3 Å². The third-order valence-corrected chi connectivity index (χ3v) is 4.78. The molecule has 1 fully saturated rings. The Morgan fingerprint density at radius 3 is 2.65 bits per heavy atom. The molecule has 0 spiro atoms. The molecule has 5 heteroatoms. The van der Waals surface area contributed by atoms with Crippen LogP contribution < -0.4 is 10.1 Å². The quantitative estimate of drug-likeness (QED) is 0.778. The van der Waals surface area contributed by atoms with Gasteiger partial charge < -0.3 is 10.1 Å². The van der Waals surface area contributed by atoms with E-state index in [1.54, 1.807) is 7.11 Å². The van der Waals surface area contributed by atoms with Gasteiger partial charge in [-0.3, -0.25) is 4.90 Å². The van der Waals surface area contributed by atoms with Crippen molar-refractivity contribution in [1.29, 1.82) is 0 Å². The first-order valence-electron chi connectivity index (χ1n) is 6.59. The minimum absolute atomic E-state index is 0.478. The number of anilines is 1. The zero-order valence-corrected chi connectivity index (χ0v) is 14.6. The second kappa shape index (κ2) is 7.35. The van der Waals surface area contributed by atoms with E-state index in [0.29, 0.717) is 6.04 Å². The molecule has 1 saturated heterocycles. The normalized spacial score (nSPS) is 16.7. The van der Waals surface area contributed by atoms with Gasteiger partial charge in [0.25, 0.3) is 0 Å². The average molecular weight is 402 g/mol. The lowest BCUT2D eigenvalue weighted by molar-refractivity contribution is 0.243. The Morgan fingerprint density at radius 1 is 1.35 bits per heavy atom. The molecule has 0 saturated carbocycles. The molecule has 0 unspecified atom stereocenters. The van der Waals surface area contributed by atoms with Gasteiger partial charge in [-0.05, 0) is 50.8 Å². The number of benzene rings is 1. The highest BCUT2D eigenvalue weighted by Crippen LogP contribution is 2.35. The van der Waals surface area contributed by atoms with E-state index < -0.39 is 0 Å². The van der Waals surface area contributed by atoms with Gasteiger partial charge in [-0.1, -0.05) is 5.92 Å². The van der Waals surface area contributed by atoms with Gasteiger partial charge in [-0.25, -0.2) is 0 Å². The van der Waals surface area contributed by atoms with Crippen LogP contribution in [0.1, 0.15) is 12.8 Å². The predicted octanol–water partition coefficient (Wildman–Crippen LogP) is 3.73. The molecule has 0 aromatic heterocycles. The zero-order valence-electron chi connectivity index (χ0n) is 11.5. The molecule has 1 aliphatic heterocycles. The number of terminal acetylenes is 1. The number of likely N-dealkylation sites (tertiary alicyclic amines) is 1. The molecule has 1 aliphatic rings. The van der Waals surface area contributed by atoms with Crippen molar-refractivity contribution < 1.29 is 4.74 Å². The molecule has 0 atom stereocenters. The van der Waals surface area contributed by atoms with Crippen molar-refractivity contribution in [1.82, 2.24) is 4.90 Å². The van der Waals surface area contributed by atoms with Gasteiger partial charge in [-0.2, -0.15) is 0 Å². The van der Waals surface area contributed by atoms with Crippen LogP contribution in [0.2, 0.25) is 0 Å². The van der Waals surface area contributed by atoms with E-state index in [1.165, 1.54) is 0 Å². The fraction of sp³-hybridized carbons (Fsp3) is 0.467. The van der Waals surface area contributed by atoms with E-state index >= 15 is 0 Å². The number of ether oxygens (including phenoxy) is 1. The molecule has 1 aromatic carbocycles. The topological polar surface area (TPSA) is 24.5 Å². The van der Waals surface area contributed by atoms with Crippen molar-refractivity contribution in [3.05, 3.63) is 21.1 Å². The maximum absolute atomic E-state index is 5.35. The third kappa shape index (κ3) is 3.91. The summed E-state index contributed by atoms with van der Waals surface area (Å²) in [5, 5.41) is 3.59. The summed E-state index contributed by atoms with van der Waals surface area (Å²) >= 11 is 7.07. The minimum atomic E-state index is 0.478. The number of methoxy groups -OCH3 is 1. The van der Waals surface area contributed by atoms with E-state index in [0.717, 1.165) is 52.9 Å². The van der Waals surface area contributed by atoms with Crippen molar-refractivity contribution >= 4 is 37.5 Å². The molecule has 3 nitrogen and oxygen atoms in total. The summed E-state index contributed by atoms with van der Waals surface area (Å²) in [5.41, 5.74) is 1.07. The number of nitrogens with zero attached hydrogens (tertiary/aromatic N) is 1. The molecular formula is C15H18Br2N2O. The number of rotatable bonds is 4. The van der Waals surface area contributed by atoms with E-state index in [-0.39, 0.29) is 0 Å². The monoisotopic (exact) mass is 400 g/mol. The van der Waals surface area contributed by atoms with E-state index in [1.807, 2.05) is 12.1 Å². The Morgan fingerprint density at radius 2 is 2.05 bits per heavy atom. The fourth-order valence-electron chi connectivity index (χ4n) is 2.38. The van der Waals surface area contributed by atoms with Gasteiger partial charge in [0.15, 0.2) is 0 Å². The summed E-state index contributed by atoms with van der Waals surface area (Å²) in [7, 11) is 1.68. The van der Waals surface area contributed by atoms with Crippen LogP contribution in [0.25, 0.3) is 0 Å². The number of hydrogen-bond acceptors (Lipinski definition) is 3. The van der Waals surface area contributed by atoms with Gasteiger partial charge in [0.2, 0.25) is 0 Å². The van der Waals surface area contributed by atoms with Crippen LogP contribution in [0.3, 0.4) is 0 Å². The number of piperidine rings is 1. The van der Waals surface area contributed by atoms with Gasteiger partial charge in [0.1, 0.15) is 5.75 Å². The first-order chi connectivity index (χ1) is 9.63. The van der Waals surface area contributed by atoms with Crippen LogP contribution >= 0.6 is 31.9 Å². The highest BCUT2D eigenvalue weighted by Gasteiger charge is 2.19. The Bertz CT molecular complexity index is 505. The molecule has 2 rings (SSSR count). The standard InChI is InChI=1S/C15H18Br2N2O/c1-3-6-19-7-4-11(5-8-19)18-14-10-15(20-2)13(17)9-12(14)16/h1,9-11,18H,4-8H2,2H3. The lowest BCUT2D eigenvalue weighted by Gasteiger charge is -2.32. The minimum Gasteiger partial charge on any atom is -0.495 e. The first-order valence-corrected chi connectivity index (χ1v) is 8.18. The molecule has 0 radical (unpaired) electrons. The van der Waals surface area contributed by atoms with Crippen LogP contribution in [0.4, 0.5) is 5.69 Å². The lowest BCUT2D eigenvalue weighted by atomic mass is 10.0. The van der Waals surface area contributed by atoms with Crippen LogP contribution in [-0.4, -0.2) is 37.7 Å². The van der Waals surface area contributed by atoms with Gasteiger partial charge in [0, 0.05) is 29.7 Å². The van der Waals surface area contributed by atoms with Gasteiger partial charge in [0.05, 0.1) is 23.8 Å². The first kappa shape index (κ1) is 15.7. The largest absolute Gasteiger partial charge is 0.495 e.